The molecule has 7 N–H and O–H groups in total. The molecule has 1 aromatic carbocycles. The molecule has 0 aliphatic carbocycles. The number of fused-ring (bicyclic) bond motifs is 1. The SMILES string of the molecule is Nc1nc(N)c(C(=O)/N=C2\NCC3(CCN(C(=O)c4cc5ccccc5[nH]4)CC3)N2)nc1CI. The molecule has 34 heavy (non-hydrogen) atoms. The number of anilines is 2. The summed E-state index contributed by atoms with van der Waals surface area (Å²) in [6, 6.07) is 9.73. The van der Waals surface area contributed by atoms with Gasteiger partial charge in [0.1, 0.15) is 11.5 Å². The van der Waals surface area contributed by atoms with Gasteiger partial charge < -0.3 is 32.0 Å². The van der Waals surface area contributed by atoms with E-state index in [0.717, 1.165) is 23.7 Å². The highest BCUT2D eigenvalue weighted by Gasteiger charge is 2.41. The minimum Gasteiger partial charge on any atom is -0.382 e. The smallest absolute Gasteiger partial charge is 0.302 e. The molecule has 4 heterocycles. The Labute approximate surface area is 208 Å². The monoisotopic (exact) mass is 573 g/mol. The number of guanidine groups is 1. The molecule has 0 saturated carbocycles. The zero-order chi connectivity index (χ0) is 23.9. The van der Waals surface area contributed by atoms with Crippen LogP contribution in [0.3, 0.4) is 0 Å². The Morgan fingerprint density at radius 2 is 1.91 bits per heavy atom. The van der Waals surface area contributed by atoms with E-state index in [2.05, 4.69) is 53.2 Å². The first kappa shape index (κ1) is 22.4. The number of nitrogens with one attached hydrogen (secondary N) is 3. The number of alkyl halides is 1. The summed E-state index contributed by atoms with van der Waals surface area (Å²) in [5.74, 6) is -0.0635. The largest absolute Gasteiger partial charge is 0.382 e. The summed E-state index contributed by atoms with van der Waals surface area (Å²) in [5.41, 5.74) is 13.4. The van der Waals surface area contributed by atoms with Gasteiger partial charge in [-0.15, -0.1) is 0 Å². The summed E-state index contributed by atoms with van der Waals surface area (Å²) in [4.78, 5) is 43.1. The average Bonchev–Trinajstić information content (AvgIpc) is 3.43. The van der Waals surface area contributed by atoms with Crippen LogP contribution in [0.5, 0.6) is 0 Å². The molecule has 0 atom stereocenters. The minimum atomic E-state index is -0.588. The van der Waals surface area contributed by atoms with E-state index in [9.17, 15) is 9.59 Å². The number of rotatable bonds is 3. The molecule has 176 valence electrons. The Bertz CT molecular complexity index is 1280. The van der Waals surface area contributed by atoms with Crippen LogP contribution in [0.25, 0.3) is 10.9 Å². The van der Waals surface area contributed by atoms with Gasteiger partial charge in [0.15, 0.2) is 17.5 Å². The molecule has 1 spiro atoms. The van der Waals surface area contributed by atoms with Gasteiger partial charge in [-0.05, 0) is 25.0 Å². The number of para-hydroxylation sites is 1. The van der Waals surface area contributed by atoms with E-state index in [1.807, 2.05) is 35.2 Å². The van der Waals surface area contributed by atoms with Crippen molar-refractivity contribution in [1.29, 1.82) is 0 Å². The highest BCUT2D eigenvalue weighted by atomic mass is 127. The number of nitrogens with two attached hydrogens (primary N) is 2. The number of carbonyl (C=O) groups excluding carboxylic acids is 2. The number of H-pyrrole nitrogens is 1. The van der Waals surface area contributed by atoms with Gasteiger partial charge in [0.25, 0.3) is 5.91 Å². The zero-order valence-corrected chi connectivity index (χ0v) is 20.4. The summed E-state index contributed by atoms with van der Waals surface area (Å²) in [6.45, 7) is 1.80. The first-order valence-corrected chi connectivity index (χ1v) is 12.4. The van der Waals surface area contributed by atoms with Crippen LogP contribution in [0.2, 0.25) is 0 Å². The predicted octanol–water partition coefficient (Wildman–Crippen LogP) is 1.42. The van der Waals surface area contributed by atoms with E-state index >= 15 is 0 Å². The fraction of sp³-hybridized carbons (Fsp3) is 0.318. The first-order valence-electron chi connectivity index (χ1n) is 10.9. The molecule has 3 aromatic rings. The van der Waals surface area contributed by atoms with Crippen LogP contribution in [-0.2, 0) is 4.43 Å². The van der Waals surface area contributed by atoms with Crippen LogP contribution in [0.1, 0.15) is 39.5 Å². The molecule has 12 heteroatoms. The summed E-state index contributed by atoms with van der Waals surface area (Å²) in [7, 11) is 0. The van der Waals surface area contributed by atoms with Crippen LogP contribution in [0.4, 0.5) is 11.6 Å². The molecule has 2 aromatic heterocycles. The Hall–Kier alpha value is -3.42. The lowest BCUT2D eigenvalue weighted by atomic mass is 9.88. The summed E-state index contributed by atoms with van der Waals surface area (Å²) in [5, 5.41) is 7.53. The average molecular weight is 573 g/mol. The lowest BCUT2D eigenvalue weighted by molar-refractivity contribution is 0.0664. The van der Waals surface area contributed by atoms with E-state index < -0.39 is 5.91 Å². The topological polar surface area (TPSA) is 167 Å². The van der Waals surface area contributed by atoms with Gasteiger partial charge in [-0.25, -0.2) is 9.97 Å². The van der Waals surface area contributed by atoms with Crippen molar-refractivity contribution >= 4 is 62.9 Å². The molecule has 2 aliphatic rings. The third kappa shape index (κ3) is 4.13. The third-order valence-corrected chi connectivity index (χ3v) is 7.04. The van der Waals surface area contributed by atoms with Gasteiger partial charge in [0.05, 0.1) is 11.2 Å². The number of carbonyl (C=O) groups is 2. The highest BCUT2D eigenvalue weighted by Crippen LogP contribution is 2.26. The number of benzene rings is 1. The number of nitrogen functional groups attached to an aromatic ring is 2. The second-order valence-electron chi connectivity index (χ2n) is 8.51. The second kappa shape index (κ2) is 8.74. The van der Waals surface area contributed by atoms with Crippen molar-refractivity contribution in [2.24, 2.45) is 4.99 Å². The van der Waals surface area contributed by atoms with E-state index in [-0.39, 0.29) is 28.8 Å². The van der Waals surface area contributed by atoms with E-state index in [1.165, 1.54) is 0 Å². The van der Waals surface area contributed by atoms with Gasteiger partial charge >= 0.3 is 5.91 Å². The maximum absolute atomic E-state index is 13.0. The van der Waals surface area contributed by atoms with Gasteiger partial charge in [-0.2, -0.15) is 4.99 Å². The number of aromatic nitrogens is 3. The second-order valence-corrected chi connectivity index (χ2v) is 9.27. The number of aliphatic imine (C=N–C) groups is 1. The quantitative estimate of drug-likeness (QED) is 0.232. The molecule has 2 fully saturated rings. The fourth-order valence-electron chi connectivity index (χ4n) is 4.37. The van der Waals surface area contributed by atoms with Crippen LogP contribution in [0, 0.1) is 0 Å². The third-order valence-electron chi connectivity index (χ3n) is 6.31. The van der Waals surface area contributed by atoms with Gasteiger partial charge in [-0.3, -0.25) is 9.59 Å². The fourth-order valence-corrected chi connectivity index (χ4v) is 4.93. The van der Waals surface area contributed by atoms with Crippen molar-refractivity contribution in [3.63, 3.8) is 0 Å². The van der Waals surface area contributed by atoms with Crippen LogP contribution in [-0.4, -0.2) is 62.8 Å². The number of hydrogen-bond acceptors (Lipinski definition) is 6. The van der Waals surface area contributed by atoms with Crippen LogP contribution >= 0.6 is 22.6 Å². The Morgan fingerprint density at radius 1 is 1.15 bits per heavy atom. The lowest BCUT2D eigenvalue weighted by Gasteiger charge is -2.38. The summed E-state index contributed by atoms with van der Waals surface area (Å²) in [6.07, 6.45) is 1.45. The van der Waals surface area contributed by atoms with E-state index in [0.29, 0.717) is 41.4 Å². The van der Waals surface area contributed by atoms with Crippen molar-refractivity contribution in [2.45, 2.75) is 22.8 Å². The van der Waals surface area contributed by atoms with Gasteiger partial charge in [0.2, 0.25) is 0 Å². The molecule has 5 rings (SSSR count). The van der Waals surface area contributed by atoms with Gasteiger partial charge in [0, 0.05) is 35.0 Å². The highest BCUT2D eigenvalue weighted by molar-refractivity contribution is 14.1. The molecule has 2 aliphatic heterocycles. The van der Waals surface area contributed by atoms with Crippen molar-refractivity contribution < 1.29 is 9.59 Å². The number of nitrogens with zero attached hydrogens (tertiary/aromatic N) is 4. The predicted molar refractivity (Wildman–Crippen MR) is 138 cm³/mol. The number of amides is 2. The number of piperidine rings is 1. The van der Waals surface area contributed by atoms with E-state index in [1.54, 1.807) is 0 Å². The zero-order valence-electron chi connectivity index (χ0n) is 18.3. The molecular weight excluding hydrogens is 549 g/mol. The Balaban J connectivity index is 1.24. The molecule has 0 bridgehead atoms. The van der Waals surface area contributed by atoms with Crippen molar-refractivity contribution in [1.82, 2.24) is 30.5 Å². The summed E-state index contributed by atoms with van der Waals surface area (Å²) >= 11 is 2.09. The molecule has 2 amide bonds. The molecule has 11 nitrogen and oxygen atoms in total. The number of likely N-dealkylation sites (tertiary alicyclic amines) is 1. The Morgan fingerprint density at radius 3 is 2.65 bits per heavy atom. The lowest BCUT2D eigenvalue weighted by Crippen LogP contribution is -2.53. The minimum absolute atomic E-state index is 0.00968. The van der Waals surface area contributed by atoms with Crippen LogP contribution in [0.15, 0.2) is 35.3 Å². The van der Waals surface area contributed by atoms with Gasteiger partial charge in [-0.1, -0.05) is 40.8 Å². The normalized spacial score (nSPS) is 18.3. The molecule has 0 radical (unpaired) electrons. The number of aromatic amines is 1. The first-order chi connectivity index (χ1) is 16.4. The number of hydrogen-bond donors (Lipinski definition) is 5. The van der Waals surface area contributed by atoms with Crippen molar-refractivity contribution in [3.05, 3.63) is 47.4 Å². The van der Waals surface area contributed by atoms with Crippen LogP contribution < -0.4 is 22.1 Å². The molecule has 0 unspecified atom stereocenters. The standard InChI is InChI=1S/C22H24IN9O2/c23-10-15-17(24)29-18(25)16(28-15)19(33)30-21-26-11-22(31-21)5-7-32(8-6-22)20(34)14-9-12-3-1-2-4-13(12)27-14/h1-4,9,27H,5-8,10-11H2,(H4,24,25,29)(H2,26,30,31,33). The maximum atomic E-state index is 13.0. The molecule has 2 saturated heterocycles. The van der Waals surface area contributed by atoms with E-state index in [4.69, 9.17) is 11.5 Å². The van der Waals surface area contributed by atoms with Crippen molar-refractivity contribution in [3.8, 4) is 0 Å². The van der Waals surface area contributed by atoms with Crippen molar-refractivity contribution in [2.75, 3.05) is 31.1 Å². The maximum Gasteiger partial charge on any atom is 0.302 e. The number of halogens is 1. The molecular formula is C22H24IN9O2. The summed E-state index contributed by atoms with van der Waals surface area (Å²) < 4.78 is 0.501. The Kier molecular flexibility index (Phi) is 5.75.